The van der Waals surface area contributed by atoms with Crippen LogP contribution in [0.25, 0.3) is 0 Å². The first-order valence-electron chi connectivity index (χ1n) is 5.78. The van der Waals surface area contributed by atoms with Gasteiger partial charge in [-0.15, -0.1) is 0 Å². The summed E-state index contributed by atoms with van der Waals surface area (Å²) in [5, 5.41) is 2.68. The van der Waals surface area contributed by atoms with Gasteiger partial charge in [-0.25, -0.2) is 0 Å². The molecule has 1 aliphatic rings. The van der Waals surface area contributed by atoms with Gasteiger partial charge >= 0.3 is 5.97 Å². The molecule has 1 amide bonds. The standard InChI is InChI=1S/C13H14INO3/c1-8-6-11(8)13(17)18-7-12(16)15-10-4-2-9(14)3-5-10/h2-5,8,11H,6-7H2,1H3,(H,15,16)/t8-,11+/m1/s1. The van der Waals surface area contributed by atoms with Crippen molar-refractivity contribution >= 4 is 40.2 Å². The number of rotatable bonds is 4. The molecule has 4 nitrogen and oxygen atoms in total. The van der Waals surface area contributed by atoms with E-state index in [2.05, 4.69) is 27.9 Å². The minimum Gasteiger partial charge on any atom is -0.455 e. The van der Waals surface area contributed by atoms with Crippen LogP contribution in [0.4, 0.5) is 5.69 Å². The van der Waals surface area contributed by atoms with Crippen LogP contribution in [-0.2, 0) is 14.3 Å². The van der Waals surface area contributed by atoms with Crippen LogP contribution in [0.2, 0.25) is 0 Å². The van der Waals surface area contributed by atoms with Gasteiger partial charge in [-0.2, -0.15) is 0 Å². The van der Waals surface area contributed by atoms with Crippen LogP contribution in [-0.4, -0.2) is 18.5 Å². The van der Waals surface area contributed by atoms with E-state index in [-0.39, 0.29) is 24.4 Å². The third-order valence-electron chi connectivity index (χ3n) is 2.89. The van der Waals surface area contributed by atoms with Crippen molar-refractivity contribution in [3.8, 4) is 0 Å². The van der Waals surface area contributed by atoms with Gasteiger partial charge in [-0.3, -0.25) is 9.59 Å². The summed E-state index contributed by atoms with van der Waals surface area (Å²) < 4.78 is 6.04. The first-order valence-corrected chi connectivity index (χ1v) is 6.86. The third kappa shape index (κ3) is 3.69. The highest BCUT2D eigenvalue weighted by Gasteiger charge is 2.40. The predicted octanol–water partition coefficient (Wildman–Crippen LogP) is 2.43. The SMILES string of the molecule is C[C@@H]1C[C@@H]1C(=O)OCC(=O)Nc1ccc(I)cc1. The second kappa shape index (κ2) is 5.69. The van der Waals surface area contributed by atoms with Crippen LogP contribution < -0.4 is 5.32 Å². The van der Waals surface area contributed by atoms with Crippen molar-refractivity contribution in [2.75, 3.05) is 11.9 Å². The second-order valence-corrected chi connectivity index (χ2v) is 5.73. The van der Waals surface area contributed by atoms with E-state index >= 15 is 0 Å². The molecule has 18 heavy (non-hydrogen) atoms. The summed E-state index contributed by atoms with van der Waals surface area (Å²) in [6, 6.07) is 7.41. The molecule has 5 heteroatoms. The molecular weight excluding hydrogens is 345 g/mol. The summed E-state index contributed by atoms with van der Waals surface area (Å²) in [6.45, 7) is 1.78. The van der Waals surface area contributed by atoms with Gasteiger partial charge in [-0.1, -0.05) is 6.92 Å². The molecule has 0 aliphatic heterocycles. The molecule has 0 spiro atoms. The van der Waals surface area contributed by atoms with Crippen LogP contribution in [0, 0.1) is 15.4 Å². The highest BCUT2D eigenvalue weighted by Crippen LogP contribution is 2.38. The zero-order valence-electron chi connectivity index (χ0n) is 9.98. The quantitative estimate of drug-likeness (QED) is 0.664. The third-order valence-corrected chi connectivity index (χ3v) is 3.60. The Morgan fingerprint density at radius 2 is 2.00 bits per heavy atom. The molecule has 96 valence electrons. The van der Waals surface area contributed by atoms with E-state index in [1.807, 2.05) is 31.2 Å². The Hall–Kier alpha value is -1.11. The number of benzene rings is 1. The summed E-state index contributed by atoms with van der Waals surface area (Å²) in [6.07, 6.45) is 0.873. The zero-order valence-corrected chi connectivity index (χ0v) is 12.1. The molecule has 1 saturated carbocycles. The van der Waals surface area contributed by atoms with Crippen LogP contribution >= 0.6 is 22.6 Å². The Kier molecular flexibility index (Phi) is 4.21. The number of amides is 1. The molecule has 2 atom stereocenters. The molecule has 2 rings (SSSR count). The lowest BCUT2D eigenvalue weighted by atomic mass is 10.3. The molecule has 0 radical (unpaired) electrons. The summed E-state index contributed by atoms with van der Waals surface area (Å²) in [5.41, 5.74) is 0.705. The van der Waals surface area contributed by atoms with E-state index in [0.29, 0.717) is 11.6 Å². The molecule has 0 bridgehead atoms. The van der Waals surface area contributed by atoms with Gasteiger partial charge in [-0.05, 0) is 59.2 Å². The van der Waals surface area contributed by atoms with Gasteiger partial charge in [0.1, 0.15) is 0 Å². The van der Waals surface area contributed by atoms with Crippen molar-refractivity contribution in [3.05, 3.63) is 27.8 Å². The van der Waals surface area contributed by atoms with E-state index < -0.39 is 0 Å². The molecule has 1 aromatic rings. The fraction of sp³-hybridized carbons (Fsp3) is 0.385. The average molecular weight is 359 g/mol. The fourth-order valence-electron chi connectivity index (χ4n) is 1.62. The van der Waals surface area contributed by atoms with Crippen molar-refractivity contribution in [2.24, 2.45) is 11.8 Å². The van der Waals surface area contributed by atoms with Crippen LogP contribution in [0.3, 0.4) is 0 Å². The Morgan fingerprint density at radius 1 is 1.39 bits per heavy atom. The number of hydrogen-bond donors (Lipinski definition) is 1. The lowest BCUT2D eigenvalue weighted by molar-refractivity contribution is -0.148. The van der Waals surface area contributed by atoms with Gasteiger partial charge in [0.05, 0.1) is 5.92 Å². The fourth-order valence-corrected chi connectivity index (χ4v) is 1.98. The van der Waals surface area contributed by atoms with Crippen molar-refractivity contribution < 1.29 is 14.3 Å². The molecule has 0 heterocycles. The molecule has 0 saturated heterocycles. The van der Waals surface area contributed by atoms with Crippen molar-refractivity contribution in [1.29, 1.82) is 0 Å². The summed E-state index contributed by atoms with van der Waals surface area (Å²) in [4.78, 5) is 23.0. The maximum absolute atomic E-state index is 11.5. The molecule has 1 aromatic carbocycles. The first kappa shape index (κ1) is 13.3. The number of anilines is 1. The molecule has 1 N–H and O–H groups in total. The van der Waals surface area contributed by atoms with Crippen molar-refractivity contribution in [3.63, 3.8) is 0 Å². The van der Waals surface area contributed by atoms with E-state index in [1.54, 1.807) is 0 Å². The van der Waals surface area contributed by atoms with Gasteiger partial charge in [0.2, 0.25) is 0 Å². The highest BCUT2D eigenvalue weighted by molar-refractivity contribution is 14.1. The maximum Gasteiger partial charge on any atom is 0.309 e. The monoisotopic (exact) mass is 359 g/mol. The number of esters is 1. The lowest BCUT2D eigenvalue weighted by Crippen LogP contribution is -2.21. The normalized spacial score (nSPS) is 21.2. The minimum atomic E-state index is -0.308. The number of ether oxygens (including phenoxy) is 1. The largest absolute Gasteiger partial charge is 0.455 e. The molecule has 0 unspecified atom stereocenters. The van der Waals surface area contributed by atoms with Crippen LogP contribution in [0.1, 0.15) is 13.3 Å². The van der Waals surface area contributed by atoms with E-state index in [0.717, 1.165) is 9.99 Å². The Balaban J connectivity index is 1.75. The van der Waals surface area contributed by atoms with Crippen molar-refractivity contribution in [1.82, 2.24) is 0 Å². The number of carbonyl (C=O) groups is 2. The van der Waals surface area contributed by atoms with Gasteiger partial charge in [0.15, 0.2) is 6.61 Å². The van der Waals surface area contributed by atoms with Gasteiger partial charge < -0.3 is 10.1 Å². The maximum atomic E-state index is 11.5. The topological polar surface area (TPSA) is 55.4 Å². The number of hydrogen-bond acceptors (Lipinski definition) is 3. The second-order valence-electron chi connectivity index (χ2n) is 4.48. The zero-order chi connectivity index (χ0) is 13.1. The molecule has 0 aromatic heterocycles. The van der Waals surface area contributed by atoms with Crippen LogP contribution in [0.5, 0.6) is 0 Å². The van der Waals surface area contributed by atoms with E-state index in [9.17, 15) is 9.59 Å². The van der Waals surface area contributed by atoms with E-state index in [4.69, 9.17) is 4.74 Å². The average Bonchev–Trinajstić information content (AvgIpc) is 3.06. The van der Waals surface area contributed by atoms with Crippen LogP contribution in [0.15, 0.2) is 24.3 Å². The summed E-state index contributed by atoms with van der Waals surface area (Å²) in [7, 11) is 0. The van der Waals surface area contributed by atoms with Gasteiger partial charge in [0, 0.05) is 9.26 Å². The van der Waals surface area contributed by atoms with Crippen molar-refractivity contribution in [2.45, 2.75) is 13.3 Å². The molecule has 1 fully saturated rings. The lowest BCUT2D eigenvalue weighted by Gasteiger charge is -2.06. The van der Waals surface area contributed by atoms with Gasteiger partial charge in [0.25, 0.3) is 5.91 Å². The van der Waals surface area contributed by atoms with E-state index in [1.165, 1.54) is 0 Å². The Morgan fingerprint density at radius 3 is 2.56 bits per heavy atom. The smallest absolute Gasteiger partial charge is 0.309 e. The number of carbonyl (C=O) groups excluding carboxylic acids is 2. The number of nitrogens with one attached hydrogen (secondary N) is 1. The highest BCUT2D eigenvalue weighted by atomic mass is 127. The molecular formula is C13H14INO3. The minimum absolute atomic E-state index is 0.00361. The Bertz CT molecular complexity index is 458. The molecule has 1 aliphatic carbocycles. The first-order chi connectivity index (χ1) is 8.56. The predicted molar refractivity (Wildman–Crippen MR) is 76.0 cm³/mol. The Labute approximate surface area is 119 Å². The summed E-state index contributed by atoms with van der Waals surface area (Å²) >= 11 is 2.19. The summed E-state index contributed by atoms with van der Waals surface area (Å²) in [5.74, 6) is -0.175. The number of halogens is 1.